The minimum atomic E-state index is -6.18. The smallest absolute Gasteiger partial charge is 0.381 e. The number of carbonyl (C=O) groups excluding carboxylic acids is 1. The fourth-order valence-electron chi connectivity index (χ4n) is 3.67. The third kappa shape index (κ3) is 5.41. The lowest BCUT2D eigenvalue weighted by atomic mass is 9.90. The number of rotatable bonds is 6. The van der Waals surface area contributed by atoms with Crippen LogP contribution in [0.25, 0.3) is 0 Å². The molecule has 0 spiro atoms. The molecule has 3 rings (SSSR count). The fourth-order valence-corrected chi connectivity index (χ4v) is 3.67. The predicted octanol–water partition coefficient (Wildman–Crippen LogP) is 7.46. The lowest BCUT2D eigenvalue weighted by Gasteiger charge is -2.31. The number of halogens is 7. The summed E-state index contributed by atoms with van der Waals surface area (Å²) in [5, 5.41) is 5.72. The molecular weight excluding hydrogens is 477 g/mol. The quantitative estimate of drug-likeness (QED) is 0.347. The molecule has 0 fully saturated rings. The Morgan fingerprint density at radius 1 is 0.771 bits per heavy atom. The van der Waals surface area contributed by atoms with Crippen molar-refractivity contribution in [2.45, 2.75) is 38.4 Å². The van der Waals surface area contributed by atoms with Gasteiger partial charge in [0.15, 0.2) is 0 Å². The summed E-state index contributed by atoms with van der Waals surface area (Å²) < 4.78 is 93.1. The van der Waals surface area contributed by atoms with Gasteiger partial charge in [0.25, 0.3) is 5.91 Å². The van der Waals surface area contributed by atoms with Crippen molar-refractivity contribution in [2.75, 3.05) is 10.6 Å². The molecule has 3 aromatic rings. The molecule has 0 saturated heterocycles. The standard InChI is InChI=1S/C25H21F7N2O/c1-15-11-19(23(26,24(27,28)29)25(30,31)32)12-16(2)21(15)33-14-17-7-6-10-20(13-17)34-22(35)18-8-4-3-5-9-18/h3-13,33H,14H2,1-2H3,(H,34,35). The van der Waals surface area contributed by atoms with Crippen molar-refractivity contribution < 1.29 is 35.5 Å². The minimum absolute atomic E-state index is 0.0176. The second-order valence-electron chi connectivity index (χ2n) is 8.01. The number of hydrogen-bond acceptors (Lipinski definition) is 2. The summed E-state index contributed by atoms with van der Waals surface area (Å²) in [6, 6.07) is 16.4. The molecule has 0 radical (unpaired) electrons. The van der Waals surface area contributed by atoms with Gasteiger partial charge < -0.3 is 10.6 Å². The average molecular weight is 498 g/mol. The molecular formula is C25H21F7N2O. The molecule has 3 aromatic carbocycles. The van der Waals surface area contributed by atoms with Crippen LogP contribution < -0.4 is 10.6 Å². The van der Waals surface area contributed by atoms with E-state index in [4.69, 9.17) is 0 Å². The van der Waals surface area contributed by atoms with E-state index in [2.05, 4.69) is 10.6 Å². The number of nitrogens with one attached hydrogen (secondary N) is 2. The largest absolute Gasteiger partial charge is 0.435 e. The Balaban J connectivity index is 1.80. The van der Waals surface area contributed by atoms with Crippen LogP contribution in [0.5, 0.6) is 0 Å². The predicted molar refractivity (Wildman–Crippen MR) is 119 cm³/mol. The molecule has 0 aliphatic carbocycles. The topological polar surface area (TPSA) is 41.1 Å². The van der Waals surface area contributed by atoms with E-state index in [-0.39, 0.29) is 29.3 Å². The molecule has 2 N–H and O–H groups in total. The van der Waals surface area contributed by atoms with Crippen molar-refractivity contribution in [1.29, 1.82) is 0 Å². The van der Waals surface area contributed by atoms with Gasteiger partial charge in [0.05, 0.1) is 0 Å². The molecule has 3 nitrogen and oxygen atoms in total. The number of carbonyl (C=O) groups is 1. The van der Waals surface area contributed by atoms with Crippen LogP contribution in [0.1, 0.15) is 32.6 Å². The van der Waals surface area contributed by atoms with Crippen molar-refractivity contribution in [2.24, 2.45) is 0 Å². The van der Waals surface area contributed by atoms with E-state index in [9.17, 15) is 35.5 Å². The first-order valence-electron chi connectivity index (χ1n) is 10.4. The molecule has 0 unspecified atom stereocenters. The van der Waals surface area contributed by atoms with Gasteiger partial charge in [-0.1, -0.05) is 42.5 Å². The second-order valence-corrected chi connectivity index (χ2v) is 8.01. The molecule has 10 heteroatoms. The van der Waals surface area contributed by atoms with E-state index in [0.717, 1.165) is 0 Å². The van der Waals surface area contributed by atoms with E-state index in [1.54, 1.807) is 54.6 Å². The zero-order valence-corrected chi connectivity index (χ0v) is 18.6. The number of benzene rings is 3. The minimum Gasteiger partial charge on any atom is -0.381 e. The average Bonchev–Trinajstić information content (AvgIpc) is 2.77. The Morgan fingerprint density at radius 3 is 1.89 bits per heavy atom. The first-order valence-corrected chi connectivity index (χ1v) is 10.4. The zero-order chi connectivity index (χ0) is 26.0. The first kappa shape index (κ1) is 26.1. The Bertz CT molecular complexity index is 1170. The fraction of sp³-hybridized carbons (Fsp3) is 0.240. The highest BCUT2D eigenvalue weighted by Crippen LogP contribution is 2.53. The molecule has 0 aromatic heterocycles. The van der Waals surface area contributed by atoms with Crippen LogP contribution in [0.15, 0.2) is 66.7 Å². The summed E-state index contributed by atoms with van der Waals surface area (Å²) >= 11 is 0. The normalized spacial score (nSPS) is 12.4. The van der Waals surface area contributed by atoms with Crippen molar-refractivity contribution in [3.8, 4) is 0 Å². The summed E-state index contributed by atoms with van der Waals surface area (Å²) in [5.74, 6) is -0.318. The molecule has 35 heavy (non-hydrogen) atoms. The molecule has 0 heterocycles. The number of amides is 1. The Labute approximate surface area is 197 Å². The molecule has 0 saturated carbocycles. The second kappa shape index (κ2) is 9.59. The maximum absolute atomic E-state index is 14.4. The number of alkyl halides is 7. The summed E-state index contributed by atoms with van der Waals surface area (Å²) in [6.07, 6.45) is -12.4. The Hall–Kier alpha value is -3.56. The van der Waals surface area contributed by atoms with Crippen molar-refractivity contribution >= 4 is 17.3 Å². The monoisotopic (exact) mass is 498 g/mol. The lowest BCUT2D eigenvalue weighted by molar-refractivity contribution is -0.348. The van der Waals surface area contributed by atoms with Crippen LogP contribution >= 0.6 is 0 Å². The maximum Gasteiger partial charge on any atom is 0.435 e. The molecule has 0 aliphatic heterocycles. The summed E-state index contributed by atoms with van der Waals surface area (Å²) in [6.45, 7) is 2.74. The van der Waals surface area contributed by atoms with Crippen LogP contribution in [-0.4, -0.2) is 18.3 Å². The third-order valence-electron chi connectivity index (χ3n) is 5.40. The summed E-state index contributed by atoms with van der Waals surface area (Å²) in [4.78, 5) is 12.3. The number of hydrogen-bond donors (Lipinski definition) is 2. The van der Waals surface area contributed by atoms with E-state index < -0.39 is 23.6 Å². The highest BCUT2D eigenvalue weighted by atomic mass is 19.4. The van der Waals surface area contributed by atoms with Crippen molar-refractivity contribution in [3.63, 3.8) is 0 Å². The highest BCUT2D eigenvalue weighted by molar-refractivity contribution is 6.04. The van der Waals surface area contributed by atoms with Gasteiger partial charge in [0, 0.05) is 29.0 Å². The maximum atomic E-state index is 14.4. The number of anilines is 2. The van der Waals surface area contributed by atoms with Gasteiger partial charge >= 0.3 is 18.0 Å². The van der Waals surface area contributed by atoms with Crippen LogP contribution in [0.2, 0.25) is 0 Å². The molecule has 0 atom stereocenters. The first-order chi connectivity index (χ1) is 16.2. The van der Waals surface area contributed by atoms with Gasteiger partial charge in [0.1, 0.15) is 0 Å². The van der Waals surface area contributed by atoms with Gasteiger partial charge in [-0.25, -0.2) is 4.39 Å². The molecule has 0 aliphatic rings. The van der Waals surface area contributed by atoms with Crippen LogP contribution in [0, 0.1) is 13.8 Å². The van der Waals surface area contributed by atoms with Gasteiger partial charge in [-0.05, 0) is 54.8 Å². The van der Waals surface area contributed by atoms with Gasteiger partial charge in [-0.2, -0.15) is 26.3 Å². The Kier molecular flexibility index (Phi) is 7.14. The Morgan fingerprint density at radius 2 is 1.34 bits per heavy atom. The molecule has 0 bridgehead atoms. The van der Waals surface area contributed by atoms with Crippen LogP contribution in [0.4, 0.5) is 42.1 Å². The third-order valence-corrected chi connectivity index (χ3v) is 5.40. The van der Waals surface area contributed by atoms with E-state index in [1.807, 2.05) is 0 Å². The van der Waals surface area contributed by atoms with Crippen molar-refractivity contribution in [3.05, 3.63) is 94.5 Å². The molecule has 1 amide bonds. The SMILES string of the molecule is Cc1cc(C(F)(C(F)(F)F)C(F)(F)F)cc(C)c1NCc1cccc(NC(=O)c2ccccc2)c1. The van der Waals surface area contributed by atoms with E-state index in [0.29, 0.717) is 28.9 Å². The molecule has 186 valence electrons. The van der Waals surface area contributed by atoms with Crippen LogP contribution in [-0.2, 0) is 12.2 Å². The van der Waals surface area contributed by atoms with E-state index in [1.165, 1.54) is 13.8 Å². The van der Waals surface area contributed by atoms with Crippen LogP contribution in [0.3, 0.4) is 0 Å². The van der Waals surface area contributed by atoms with Gasteiger partial charge in [-0.3, -0.25) is 4.79 Å². The lowest BCUT2D eigenvalue weighted by Crippen LogP contribution is -2.50. The van der Waals surface area contributed by atoms with E-state index >= 15 is 0 Å². The van der Waals surface area contributed by atoms with Gasteiger partial charge in [-0.15, -0.1) is 0 Å². The highest BCUT2D eigenvalue weighted by Gasteiger charge is 2.73. The summed E-state index contributed by atoms with van der Waals surface area (Å²) in [7, 11) is 0. The van der Waals surface area contributed by atoms with Crippen molar-refractivity contribution in [1.82, 2.24) is 0 Å². The van der Waals surface area contributed by atoms with Gasteiger partial charge in [0.2, 0.25) is 0 Å². The summed E-state index contributed by atoms with van der Waals surface area (Å²) in [5.41, 5.74) is -5.05. The number of aryl methyl sites for hydroxylation is 2. The zero-order valence-electron chi connectivity index (χ0n) is 18.6.